The van der Waals surface area contributed by atoms with Crippen molar-refractivity contribution in [2.45, 2.75) is 90.1 Å². The maximum atomic E-state index is 13.0. The summed E-state index contributed by atoms with van der Waals surface area (Å²) in [6.07, 6.45) is 14.2. The Hall–Kier alpha value is -1.37. The summed E-state index contributed by atoms with van der Waals surface area (Å²) in [5.41, 5.74) is 0. The van der Waals surface area contributed by atoms with E-state index >= 15 is 0 Å². The van der Waals surface area contributed by atoms with Gasteiger partial charge >= 0.3 is 5.97 Å². The van der Waals surface area contributed by atoms with Crippen molar-refractivity contribution in [1.82, 2.24) is 0 Å². The lowest BCUT2D eigenvalue weighted by atomic mass is 9.81. The first-order valence-corrected chi connectivity index (χ1v) is 10.1. The zero-order valence-electron chi connectivity index (χ0n) is 15.5. The zero-order chi connectivity index (χ0) is 18.1. The van der Waals surface area contributed by atoms with Gasteiger partial charge in [-0.05, 0) is 69.3 Å². The first kappa shape index (κ1) is 19.9. The molecule has 0 aliphatic heterocycles. The van der Waals surface area contributed by atoms with Crippen molar-refractivity contribution in [3.05, 3.63) is 11.9 Å². The van der Waals surface area contributed by atoms with Crippen molar-refractivity contribution in [2.24, 2.45) is 17.8 Å². The molecular weight excluding hydrogens is 317 g/mol. The first-order valence-electron chi connectivity index (χ1n) is 10.1. The average Bonchev–Trinajstić information content (AvgIpc) is 2.64. The topological polar surface area (TPSA) is 50.1 Å². The molecule has 0 unspecified atom stereocenters. The molecule has 4 heteroatoms. The number of ether oxygens (including phenoxy) is 1. The van der Waals surface area contributed by atoms with Crippen LogP contribution in [0.25, 0.3) is 0 Å². The molecule has 0 aromatic heterocycles. The standard InChI is InChI=1S/C21H32FNO2/c1-2-3-4-5-16-8-12-20(13-9-16)25-21(24)18-10-6-17(7-11-18)14-19(22)15-23/h14,16-18,20H,2-13H2,1H3. The normalized spacial score (nSPS) is 30.5. The van der Waals surface area contributed by atoms with Gasteiger partial charge < -0.3 is 4.74 Å². The number of nitrogens with zero attached hydrogens (tertiary/aromatic N) is 1. The Bertz CT molecular complexity index is 481. The van der Waals surface area contributed by atoms with Gasteiger partial charge in [0.2, 0.25) is 0 Å². The first-order chi connectivity index (χ1) is 12.1. The van der Waals surface area contributed by atoms with Crippen molar-refractivity contribution >= 4 is 5.97 Å². The molecule has 2 fully saturated rings. The Kier molecular flexibility index (Phi) is 8.44. The van der Waals surface area contributed by atoms with Crippen LogP contribution in [0.1, 0.15) is 84.0 Å². The molecule has 0 aromatic carbocycles. The molecule has 0 atom stereocenters. The van der Waals surface area contributed by atoms with Gasteiger partial charge in [0.1, 0.15) is 12.2 Å². The van der Waals surface area contributed by atoms with Crippen LogP contribution in [0.4, 0.5) is 4.39 Å². The third kappa shape index (κ3) is 6.80. The number of nitriles is 1. The molecule has 0 radical (unpaired) electrons. The lowest BCUT2D eigenvalue weighted by molar-refractivity contribution is -0.157. The SMILES string of the molecule is CCCCCC1CCC(OC(=O)C2CCC(C=C(F)C#N)CC2)CC1. The van der Waals surface area contributed by atoms with E-state index in [2.05, 4.69) is 6.92 Å². The summed E-state index contributed by atoms with van der Waals surface area (Å²) in [6.45, 7) is 2.24. The van der Waals surface area contributed by atoms with Gasteiger partial charge in [-0.2, -0.15) is 9.65 Å². The number of allylic oxidation sites excluding steroid dienone is 2. The second-order valence-electron chi connectivity index (χ2n) is 7.81. The fraction of sp³-hybridized carbons (Fsp3) is 0.810. The van der Waals surface area contributed by atoms with Crippen LogP contribution >= 0.6 is 0 Å². The number of hydrogen-bond donors (Lipinski definition) is 0. The van der Waals surface area contributed by atoms with Crippen LogP contribution in [0, 0.1) is 29.1 Å². The summed E-state index contributed by atoms with van der Waals surface area (Å²) >= 11 is 0. The summed E-state index contributed by atoms with van der Waals surface area (Å²) in [7, 11) is 0. The Morgan fingerprint density at radius 2 is 1.80 bits per heavy atom. The van der Waals surface area contributed by atoms with Crippen molar-refractivity contribution in [2.75, 3.05) is 0 Å². The average molecular weight is 349 g/mol. The highest BCUT2D eigenvalue weighted by molar-refractivity contribution is 5.72. The van der Waals surface area contributed by atoms with Crippen LogP contribution in [0.2, 0.25) is 0 Å². The van der Waals surface area contributed by atoms with E-state index in [4.69, 9.17) is 10.00 Å². The number of unbranched alkanes of at least 4 members (excludes halogenated alkanes) is 2. The fourth-order valence-corrected chi connectivity index (χ4v) is 4.25. The second-order valence-corrected chi connectivity index (χ2v) is 7.81. The van der Waals surface area contributed by atoms with Crippen molar-refractivity contribution in [3.63, 3.8) is 0 Å². The van der Waals surface area contributed by atoms with E-state index in [1.54, 1.807) is 0 Å². The molecule has 0 saturated heterocycles. The molecule has 140 valence electrons. The van der Waals surface area contributed by atoms with Crippen LogP contribution in [0.5, 0.6) is 0 Å². The smallest absolute Gasteiger partial charge is 0.309 e. The maximum Gasteiger partial charge on any atom is 0.309 e. The molecule has 2 aliphatic carbocycles. The van der Waals surface area contributed by atoms with Gasteiger partial charge in [0.15, 0.2) is 5.83 Å². The number of carbonyl (C=O) groups excluding carboxylic acids is 1. The van der Waals surface area contributed by atoms with Crippen LogP contribution < -0.4 is 0 Å². The molecule has 0 heterocycles. The van der Waals surface area contributed by atoms with E-state index in [0.29, 0.717) is 0 Å². The number of halogens is 1. The monoisotopic (exact) mass is 349 g/mol. The minimum absolute atomic E-state index is 0.0444. The van der Waals surface area contributed by atoms with Crippen molar-refractivity contribution in [1.29, 1.82) is 5.26 Å². The Balaban J connectivity index is 1.66. The van der Waals surface area contributed by atoms with E-state index in [0.717, 1.165) is 44.4 Å². The molecule has 0 bridgehead atoms. The van der Waals surface area contributed by atoms with Crippen molar-refractivity contribution < 1.29 is 13.9 Å². The van der Waals surface area contributed by atoms with E-state index < -0.39 is 5.83 Å². The summed E-state index contributed by atoms with van der Waals surface area (Å²) in [5.74, 6) is 0.0948. The van der Waals surface area contributed by atoms with E-state index in [9.17, 15) is 9.18 Å². The molecular formula is C21H32FNO2. The van der Waals surface area contributed by atoms with Gasteiger partial charge in [-0.3, -0.25) is 4.79 Å². The van der Waals surface area contributed by atoms with Gasteiger partial charge in [-0.1, -0.05) is 32.6 Å². The third-order valence-electron chi connectivity index (χ3n) is 5.89. The van der Waals surface area contributed by atoms with Gasteiger partial charge in [-0.15, -0.1) is 0 Å². The van der Waals surface area contributed by atoms with E-state index in [1.807, 2.05) is 0 Å². The predicted octanol–water partition coefficient (Wildman–Crippen LogP) is 5.85. The summed E-state index contributed by atoms with van der Waals surface area (Å²) in [6, 6.07) is 1.52. The lowest BCUT2D eigenvalue weighted by Crippen LogP contribution is -2.30. The highest BCUT2D eigenvalue weighted by Gasteiger charge is 2.30. The van der Waals surface area contributed by atoms with Gasteiger partial charge in [-0.25, -0.2) is 0 Å². The Labute approximate surface area is 151 Å². The van der Waals surface area contributed by atoms with Gasteiger partial charge in [0.05, 0.1) is 5.92 Å². The molecule has 0 amide bonds. The van der Waals surface area contributed by atoms with Crippen LogP contribution in [-0.2, 0) is 9.53 Å². The lowest BCUT2D eigenvalue weighted by Gasteiger charge is -2.31. The molecule has 3 nitrogen and oxygen atoms in total. The van der Waals surface area contributed by atoms with Gasteiger partial charge in [0.25, 0.3) is 0 Å². The quantitative estimate of drug-likeness (QED) is 0.329. The Morgan fingerprint density at radius 1 is 1.12 bits per heavy atom. The highest BCUT2D eigenvalue weighted by atomic mass is 19.1. The van der Waals surface area contributed by atoms with Crippen LogP contribution in [0.15, 0.2) is 11.9 Å². The summed E-state index contributed by atoms with van der Waals surface area (Å²) in [4.78, 5) is 12.4. The largest absolute Gasteiger partial charge is 0.462 e. The number of carbonyl (C=O) groups is 1. The molecule has 2 saturated carbocycles. The van der Waals surface area contributed by atoms with E-state index in [1.165, 1.54) is 50.7 Å². The molecule has 25 heavy (non-hydrogen) atoms. The maximum absolute atomic E-state index is 13.0. The van der Waals surface area contributed by atoms with Crippen LogP contribution in [-0.4, -0.2) is 12.1 Å². The predicted molar refractivity (Wildman–Crippen MR) is 96.2 cm³/mol. The number of esters is 1. The zero-order valence-corrected chi connectivity index (χ0v) is 15.5. The molecule has 0 aromatic rings. The van der Waals surface area contributed by atoms with Crippen molar-refractivity contribution in [3.8, 4) is 6.07 Å². The molecule has 0 N–H and O–H groups in total. The second kappa shape index (κ2) is 10.6. The summed E-state index contributed by atoms with van der Waals surface area (Å²) < 4.78 is 18.8. The van der Waals surface area contributed by atoms with Gasteiger partial charge in [0, 0.05) is 0 Å². The Morgan fingerprint density at radius 3 is 2.40 bits per heavy atom. The molecule has 0 spiro atoms. The fourth-order valence-electron chi connectivity index (χ4n) is 4.25. The van der Waals surface area contributed by atoms with E-state index in [-0.39, 0.29) is 23.9 Å². The number of rotatable bonds is 7. The highest BCUT2D eigenvalue weighted by Crippen LogP contribution is 2.34. The number of hydrogen-bond acceptors (Lipinski definition) is 3. The minimum atomic E-state index is -0.707. The molecule has 2 aliphatic rings. The third-order valence-corrected chi connectivity index (χ3v) is 5.89. The molecule has 2 rings (SSSR count). The van der Waals surface area contributed by atoms with Crippen LogP contribution in [0.3, 0.4) is 0 Å². The summed E-state index contributed by atoms with van der Waals surface area (Å²) in [5, 5.41) is 8.50. The minimum Gasteiger partial charge on any atom is -0.462 e.